The van der Waals surface area contributed by atoms with Crippen molar-refractivity contribution >= 4 is 34.7 Å². The van der Waals surface area contributed by atoms with Gasteiger partial charge >= 0.3 is 0 Å². The summed E-state index contributed by atoms with van der Waals surface area (Å²) in [5.41, 5.74) is 6.02. The van der Waals surface area contributed by atoms with Gasteiger partial charge in [-0.25, -0.2) is 9.56 Å². The minimum absolute atomic E-state index is 0.219. The molecule has 0 aliphatic carbocycles. The van der Waals surface area contributed by atoms with Crippen LogP contribution < -0.4 is 5.32 Å². The monoisotopic (exact) mass is 432 g/mol. The molecule has 0 bridgehead atoms. The van der Waals surface area contributed by atoms with Gasteiger partial charge in [0.05, 0.1) is 30.3 Å². The maximum atomic E-state index is 13.2. The molecule has 0 saturated heterocycles. The molecule has 7 nitrogen and oxygen atoms in total. The highest BCUT2D eigenvalue weighted by molar-refractivity contribution is 6.10. The molecular weight excluding hydrogens is 402 g/mol. The van der Waals surface area contributed by atoms with Gasteiger partial charge in [0, 0.05) is 18.3 Å². The maximum absolute atomic E-state index is 13.2. The van der Waals surface area contributed by atoms with Gasteiger partial charge in [-0.2, -0.15) is 0 Å². The molecule has 7 heteroatoms. The van der Waals surface area contributed by atoms with Crippen molar-refractivity contribution in [3.05, 3.63) is 58.6 Å². The lowest BCUT2D eigenvalue weighted by Gasteiger charge is -2.15. The Morgan fingerprint density at radius 2 is 2.00 bits per heavy atom. The number of aryl methyl sites for hydroxylation is 2. The third-order valence-electron chi connectivity index (χ3n) is 5.88. The molecule has 1 aliphatic rings. The number of benzene rings is 1. The molecule has 3 heterocycles. The Balaban J connectivity index is 1.68. The van der Waals surface area contributed by atoms with Crippen LogP contribution in [0, 0.1) is 6.92 Å². The number of carbonyl (C=O) groups is 1. The number of fused-ring (bicyclic) bond motifs is 1. The zero-order valence-electron chi connectivity index (χ0n) is 19.6. The van der Waals surface area contributed by atoms with Gasteiger partial charge in [-0.05, 0) is 42.7 Å². The Bertz CT molecular complexity index is 1270. The number of nitrogens with one attached hydrogen (secondary N) is 1. The number of nitrogens with zero attached hydrogens (tertiary/aromatic N) is 4. The van der Waals surface area contributed by atoms with Crippen LogP contribution in [0.15, 0.2) is 36.1 Å². The van der Waals surface area contributed by atoms with Gasteiger partial charge < -0.3 is 9.30 Å². The van der Waals surface area contributed by atoms with Gasteiger partial charge in [-0.15, -0.1) is 0 Å². The molecule has 0 unspecified atom stereocenters. The van der Waals surface area contributed by atoms with Gasteiger partial charge in [0.2, 0.25) is 5.95 Å². The van der Waals surface area contributed by atoms with Gasteiger partial charge in [-0.1, -0.05) is 19.9 Å². The van der Waals surface area contributed by atoms with Crippen molar-refractivity contribution in [2.24, 2.45) is 7.05 Å². The lowest BCUT2D eigenvalue weighted by Crippen LogP contribution is -2.19. The van der Waals surface area contributed by atoms with Crippen molar-refractivity contribution in [3.63, 3.8) is 0 Å². The average molecular weight is 433 g/mol. The Kier molecular flexibility index (Phi) is 5.82. The summed E-state index contributed by atoms with van der Waals surface area (Å²) >= 11 is 0. The number of pyridine rings is 1. The van der Waals surface area contributed by atoms with Gasteiger partial charge in [0.25, 0.3) is 5.91 Å². The predicted octanol–water partition coefficient (Wildman–Crippen LogP) is 4.13. The zero-order valence-corrected chi connectivity index (χ0v) is 19.6. The standard InChI is InChI=1S/C25H29N5O2/c1-15(2)17-7-8-20-22(13-17)30(5)25(27-20)28-24(31)18-11-16(3)26-21(12-18)19-14-29(4)10-9-23(19)32-6/h7-8,11-15H,9-10H2,1-6H3/p+1. The predicted molar refractivity (Wildman–Crippen MR) is 127 cm³/mol. The van der Waals surface area contributed by atoms with Crippen molar-refractivity contribution in [3.8, 4) is 0 Å². The summed E-state index contributed by atoms with van der Waals surface area (Å²) in [6.07, 6.45) is 2.82. The smallest absolute Gasteiger partial charge is 0.258 e. The van der Waals surface area contributed by atoms with E-state index >= 15 is 0 Å². The Morgan fingerprint density at radius 3 is 2.72 bits per heavy atom. The third kappa shape index (κ3) is 4.15. The van der Waals surface area contributed by atoms with Crippen LogP contribution in [0.5, 0.6) is 0 Å². The van der Waals surface area contributed by atoms with Gasteiger partial charge in [0.1, 0.15) is 24.9 Å². The second kappa shape index (κ2) is 8.57. The molecule has 1 aliphatic heterocycles. The van der Waals surface area contributed by atoms with E-state index in [1.54, 1.807) is 13.2 Å². The SMILES string of the molecule is COC1=C(c2cc(C(=O)Nc3nc4ccc(C(C)C)cc4n3C)cc(C)n2)C=[N+](C)CC1. The van der Waals surface area contributed by atoms with E-state index in [0.717, 1.165) is 46.7 Å². The minimum Gasteiger partial charge on any atom is -0.500 e. The third-order valence-corrected chi connectivity index (χ3v) is 5.88. The van der Waals surface area contributed by atoms with Crippen LogP contribution in [-0.4, -0.2) is 51.9 Å². The first-order valence-electron chi connectivity index (χ1n) is 10.9. The highest BCUT2D eigenvalue weighted by Gasteiger charge is 2.22. The van der Waals surface area contributed by atoms with E-state index in [1.807, 2.05) is 43.9 Å². The van der Waals surface area contributed by atoms with Crippen molar-refractivity contribution in [2.75, 3.05) is 26.0 Å². The van der Waals surface area contributed by atoms with Gasteiger partial charge in [0.15, 0.2) is 6.21 Å². The molecule has 3 aromatic rings. The molecule has 1 amide bonds. The fourth-order valence-electron chi connectivity index (χ4n) is 3.98. The molecule has 1 N–H and O–H groups in total. The second-order valence-electron chi connectivity index (χ2n) is 8.63. The van der Waals surface area contributed by atoms with E-state index in [0.29, 0.717) is 17.4 Å². The summed E-state index contributed by atoms with van der Waals surface area (Å²) in [6.45, 7) is 7.10. The average Bonchev–Trinajstić information content (AvgIpc) is 3.07. The first kappa shape index (κ1) is 21.7. The van der Waals surface area contributed by atoms with E-state index in [-0.39, 0.29) is 5.91 Å². The van der Waals surface area contributed by atoms with Crippen LogP contribution in [0.1, 0.15) is 53.5 Å². The normalized spacial score (nSPS) is 14.2. The lowest BCUT2D eigenvalue weighted by atomic mass is 10.0. The van der Waals surface area contributed by atoms with Crippen LogP contribution >= 0.6 is 0 Å². The fourth-order valence-corrected chi connectivity index (χ4v) is 3.98. The number of methoxy groups -OCH3 is 1. The van der Waals surface area contributed by atoms with E-state index in [4.69, 9.17) is 4.74 Å². The summed E-state index contributed by atoms with van der Waals surface area (Å²) in [5, 5.41) is 2.97. The highest BCUT2D eigenvalue weighted by Crippen LogP contribution is 2.25. The number of imidazole rings is 1. The quantitative estimate of drug-likeness (QED) is 0.616. The number of amides is 1. The van der Waals surface area contributed by atoms with E-state index in [9.17, 15) is 4.79 Å². The molecule has 1 aromatic carbocycles. The zero-order chi connectivity index (χ0) is 23.0. The second-order valence-corrected chi connectivity index (χ2v) is 8.63. The summed E-state index contributed by atoms with van der Waals surface area (Å²) in [7, 11) is 5.61. The molecule has 166 valence electrons. The van der Waals surface area contributed by atoms with Crippen molar-refractivity contribution in [1.29, 1.82) is 0 Å². The molecule has 32 heavy (non-hydrogen) atoms. The number of hydrogen-bond acceptors (Lipinski definition) is 4. The Hall–Kier alpha value is -3.48. The largest absolute Gasteiger partial charge is 0.500 e. The number of allylic oxidation sites excluding steroid dienone is 1. The molecule has 0 spiro atoms. The topological polar surface area (TPSA) is 72.0 Å². The minimum atomic E-state index is -0.219. The lowest BCUT2D eigenvalue weighted by molar-refractivity contribution is -0.492. The van der Waals surface area contributed by atoms with Crippen LogP contribution in [0.4, 0.5) is 5.95 Å². The van der Waals surface area contributed by atoms with Crippen molar-refractivity contribution in [2.45, 2.75) is 33.1 Å². The maximum Gasteiger partial charge on any atom is 0.258 e. The van der Waals surface area contributed by atoms with Crippen molar-refractivity contribution < 1.29 is 14.1 Å². The van der Waals surface area contributed by atoms with E-state index in [1.165, 1.54) is 5.56 Å². The number of aromatic nitrogens is 3. The highest BCUT2D eigenvalue weighted by atomic mass is 16.5. The number of hydrogen-bond donors (Lipinski definition) is 1. The number of anilines is 1. The van der Waals surface area contributed by atoms with E-state index < -0.39 is 0 Å². The Morgan fingerprint density at radius 1 is 1.22 bits per heavy atom. The summed E-state index contributed by atoms with van der Waals surface area (Å²) in [6, 6.07) is 9.82. The van der Waals surface area contributed by atoms with Crippen LogP contribution in [0.2, 0.25) is 0 Å². The summed E-state index contributed by atoms with van der Waals surface area (Å²) < 4.78 is 9.61. The number of ether oxygens (including phenoxy) is 1. The van der Waals surface area contributed by atoms with E-state index in [2.05, 4.69) is 45.8 Å². The number of rotatable bonds is 5. The first-order chi connectivity index (χ1) is 15.3. The Labute approximate surface area is 188 Å². The molecule has 0 atom stereocenters. The molecule has 0 radical (unpaired) electrons. The molecule has 0 saturated carbocycles. The van der Waals surface area contributed by atoms with Crippen molar-refractivity contribution in [1.82, 2.24) is 14.5 Å². The van der Waals surface area contributed by atoms with Crippen LogP contribution in [0.25, 0.3) is 16.6 Å². The molecule has 4 rings (SSSR count). The summed E-state index contributed by atoms with van der Waals surface area (Å²) in [5.74, 6) is 1.60. The number of carbonyl (C=O) groups excluding carboxylic acids is 1. The first-order valence-corrected chi connectivity index (χ1v) is 10.9. The molecule has 0 fully saturated rings. The van der Waals surface area contributed by atoms with Crippen LogP contribution in [-0.2, 0) is 11.8 Å². The van der Waals surface area contributed by atoms with Crippen LogP contribution in [0.3, 0.4) is 0 Å². The molecule has 2 aromatic heterocycles. The summed E-state index contributed by atoms with van der Waals surface area (Å²) in [4.78, 5) is 22.4. The van der Waals surface area contributed by atoms with Gasteiger partial charge in [-0.3, -0.25) is 15.1 Å². The molecular formula is C25H30N5O2+. The fraction of sp³-hybridized carbons (Fsp3) is 0.360.